The molecule has 1 amide bonds. The van der Waals surface area contributed by atoms with E-state index in [1.54, 1.807) is 13.2 Å². The molecule has 0 fully saturated rings. The lowest BCUT2D eigenvalue weighted by molar-refractivity contribution is -0.111. The van der Waals surface area contributed by atoms with Crippen molar-refractivity contribution in [2.75, 3.05) is 12.4 Å². The predicted octanol–water partition coefficient (Wildman–Crippen LogP) is 2.82. The van der Waals surface area contributed by atoms with Crippen LogP contribution in [-0.2, 0) is 4.79 Å². The van der Waals surface area contributed by atoms with E-state index in [1.807, 2.05) is 32.0 Å². The number of rotatable bonds is 4. The molecule has 5 nitrogen and oxygen atoms in total. The van der Waals surface area contributed by atoms with Crippen LogP contribution in [0.1, 0.15) is 16.1 Å². The van der Waals surface area contributed by atoms with Gasteiger partial charge in [0.2, 0.25) is 11.0 Å². The number of methoxy groups -OCH3 is 1. The van der Waals surface area contributed by atoms with E-state index in [2.05, 4.69) is 15.5 Å². The Kier molecular flexibility index (Phi) is 4.47. The summed E-state index contributed by atoms with van der Waals surface area (Å²) in [6, 6.07) is 5.79. The number of hydrogen-bond donors (Lipinski definition) is 1. The molecule has 2 aromatic rings. The van der Waals surface area contributed by atoms with Crippen LogP contribution in [0.4, 0.5) is 5.13 Å². The molecule has 0 bridgehead atoms. The summed E-state index contributed by atoms with van der Waals surface area (Å²) < 4.78 is 5.25. The second kappa shape index (κ2) is 6.29. The first-order valence-corrected chi connectivity index (χ1v) is 6.84. The van der Waals surface area contributed by atoms with Crippen molar-refractivity contribution in [3.05, 3.63) is 40.4 Å². The number of anilines is 1. The van der Waals surface area contributed by atoms with Gasteiger partial charge in [-0.25, -0.2) is 0 Å². The van der Waals surface area contributed by atoms with Gasteiger partial charge in [0.25, 0.3) is 0 Å². The van der Waals surface area contributed by atoms with Crippen molar-refractivity contribution in [2.24, 2.45) is 0 Å². The van der Waals surface area contributed by atoms with Crippen molar-refractivity contribution in [2.45, 2.75) is 13.8 Å². The molecule has 0 aliphatic heterocycles. The summed E-state index contributed by atoms with van der Waals surface area (Å²) in [5, 5.41) is 11.6. The van der Waals surface area contributed by atoms with E-state index >= 15 is 0 Å². The lowest BCUT2D eigenvalue weighted by Gasteiger charge is -2.05. The Balaban J connectivity index is 2.09. The quantitative estimate of drug-likeness (QED) is 0.879. The van der Waals surface area contributed by atoms with E-state index in [-0.39, 0.29) is 5.91 Å². The fourth-order valence-electron chi connectivity index (χ4n) is 1.64. The lowest BCUT2D eigenvalue weighted by Crippen LogP contribution is -2.07. The minimum Gasteiger partial charge on any atom is -0.496 e. The van der Waals surface area contributed by atoms with Gasteiger partial charge >= 0.3 is 0 Å². The van der Waals surface area contributed by atoms with Crippen LogP contribution in [0.25, 0.3) is 6.08 Å². The number of aryl methyl sites for hydroxylation is 2. The van der Waals surface area contributed by atoms with Crippen molar-refractivity contribution >= 4 is 28.5 Å². The zero-order valence-corrected chi connectivity index (χ0v) is 12.3. The highest BCUT2D eigenvalue weighted by molar-refractivity contribution is 7.15. The second-order valence-electron chi connectivity index (χ2n) is 4.19. The number of nitrogens with one attached hydrogen (secondary N) is 1. The first kappa shape index (κ1) is 14.2. The van der Waals surface area contributed by atoms with Gasteiger partial charge in [0.15, 0.2) is 0 Å². The molecule has 1 aromatic carbocycles. The second-order valence-corrected chi connectivity index (χ2v) is 5.38. The first-order chi connectivity index (χ1) is 9.58. The monoisotopic (exact) mass is 289 g/mol. The third-order valence-corrected chi connectivity index (χ3v) is 3.31. The topological polar surface area (TPSA) is 64.1 Å². The summed E-state index contributed by atoms with van der Waals surface area (Å²) in [5.74, 6) is 0.483. The number of carbonyl (C=O) groups is 1. The van der Waals surface area contributed by atoms with Crippen LogP contribution < -0.4 is 10.1 Å². The van der Waals surface area contributed by atoms with Crippen LogP contribution in [-0.4, -0.2) is 23.2 Å². The molecule has 0 saturated carbocycles. The van der Waals surface area contributed by atoms with Crippen molar-refractivity contribution < 1.29 is 9.53 Å². The van der Waals surface area contributed by atoms with Gasteiger partial charge in [-0.2, -0.15) is 0 Å². The standard InChI is InChI=1S/C14H15N3O2S/c1-9-4-6-12(19-3)11(8-9)5-7-13(18)15-14-17-16-10(2)20-14/h4-8H,1-3H3,(H,15,17,18)/b7-5+. The number of carbonyl (C=O) groups excluding carboxylic acids is 1. The molecule has 0 aliphatic carbocycles. The summed E-state index contributed by atoms with van der Waals surface area (Å²) in [4.78, 5) is 11.8. The Hall–Kier alpha value is -2.21. The van der Waals surface area contributed by atoms with Crippen molar-refractivity contribution in [1.29, 1.82) is 0 Å². The molecule has 0 radical (unpaired) electrons. The first-order valence-electron chi connectivity index (χ1n) is 6.02. The maximum absolute atomic E-state index is 11.8. The van der Waals surface area contributed by atoms with Crippen LogP contribution in [0.5, 0.6) is 5.75 Å². The van der Waals surface area contributed by atoms with Crippen molar-refractivity contribution in [3.8, 4) is 5.75 Å². The van der Waals surface area contributed by atoms with E-state index in [0.717, 1.165) is 21.9 Å². The SMILES string of the molecule is COc1ccc(C)cc1/C=C/C(=O)Nc1nnc(C)s1. The lowest BCUT2D eigenvalue weighted by atomic mass is 10.1. The summed E-state index contributed by atoms with van der Waals surface area (Å²) in [6.07, 6.45) is 3.17. The molecule has 0 saturated heterocycles. The summed E-state index contributed by atoms with van der Waals surface area (Å²) in [7, 11) is 1.60. The highest BCUT2D eigenvalue weighted by Crippen LogP contribution is 2.21. The van der Waals surface area contributed by atoms with Gasteiger partial charge in [0.1, 0.15) is 10.8 Å². The maximum atomic E-state index is 11.8. The fourth-order valence-corrected chi connectivity index (χ4v) is 2.24. The van der Waals surface area contributed by atoms with E-state index in [9.17, 15) is 4.79 Å². The average Bonchev–Trinajstić information content (AvgIpc) is 2.82. The minimum absolute atomic E-state index is 0.246. The zero-order valence-electron chi connectivity index (χ0n) is 11.5. The highest BCUT2D eigenvalue weighted by Gasteiger charge is 2.04. The van der Waals surface area contributed by atoms with Gasteiger partial charge in [-0.05, 0) is 32.1 Å². The molecule has 1 N–H and O–H groups in total. The molecule has 0 unspecified atom stereocenters. The minimum atomic E-state index is -0.246. The number of nitrogens with zero attached hydrogens (tertiary/aromatic N) is 2. The van der Waals surface area contributed by atoms with Crippen LogP contribution in [0.15, 0.2) is 24.3 Å². The molecule has 1 heterocycles. The number of amides is 1. The molecule has 20 heavy (non-hydrogen) atoms. The molecule has 0 atom stereocenters. The summed E-state index contributed by atoms with van der Waals surface area (Å²) in [5.41, 5.74) is 1.96. The van der Waals surface area contributed by atoms with Gasteiger partial charge in [0.05, 0.1) is 7.11 Å². The van der Waals surface area contributed by atoms with Crippen molar-refractivity contribution in [1.82, 2.24) is 10.2 Å². The van der Waals surface area contributed by atoms with Gasteiger partial charge in [-0.1, -0.05) is 23.0 Å². The Morgan fingerprint density at radius 3 is 2.80 bits per heavy atom. The van der Waals surface area contributed by atoms with Crippen LogP contribution in [0.2, 0.25) is 0 Å². The van der Waals surface area contributed by atoms with Crippen molar-refractivity contribution in [3.63, 3.8) is 0 Å². The Bertz CT molecular complexity index is 650. The molecule has 1 aromatic heterocycles. The molecule has 0 spiro atoms. The number of hydrogen-bond acceptors (Lipinski definition) is 5. The number of benzene rings is 1. The van der Waals surface area contributed by atoms with Gasteiger partial charge < -0.3 is 4.74 Å². The van der Waals surface area contributed by atoms with E-state index in [1.165, 1.54) is 17.4 Å². The highest BCUT2D eigenvalue weighted by atomic mass is 32.1. The van der Waals surface area contributed by atoms with Crippen LogP contribution in [0, 0.1) is 13.8 Å². The van der Waals surface area contributed by atoms with E-state index in [0.29, 0.717) is 5.13 Å². The Labute approximate surface area is 121 Å². The van der Waals surface area contributed by atoms with Gasteiger partial charge in [0, 0.05) is 11.6 Å². The molecule has 104 valence electrons. The fraction of sp³-hybridized carbons (Fsp3) is 0.214. The van der Waals surface area contributed by atoms with E-state index in [4.69, 9.17) is 4.74 Å². The van der Waals surface area contributed by atoms with Crippen LogP contribution in [0.3, 0.4) is 0 Å². The third-order valence-electron chi connectivity index (χ3n) is 2.56. The van der Waals surface area contributed by atoms with Crippen LogP contribution >= 0.6 is 11.3 Å². The van der Waals surface area contributed by atoms with Gasteiger partial charge in [-0.3, -0.25) is 10.1 Å². The average molecular weight is 289 g/mol. The zero-order chi connectivity index (χ0) is 14.5. The largest absolute Gasteiger partial charge is 0.496 e. The maximum Gasteiger partial charge on any atom is 0.250 e. The molecule has 2 rings (SSSR count). The number of aromatic nitrogens is 2. The Morgan fingerprint density at radius 1 is 1.35 bits per heavy atom. The summed E-state index contributed by atoms with van der Waals surface area (Å²) >= 11 is 1.34. The third kappa shape index (κ3) is 3.64. The number of ether oxygens (including phenoxy) is 1. The normalized spacial score (nSPS) is 10.8. The van der Waals surface area contributed by atoms with E-state index < -0.39 is 0 Å². The smallest absolute Gasteiger partial charge is 0.250 e. The molecule has 0 aliphatic rings. The molecular formula is C14H15N3O2S. The summed E-state index contributed by atoms with van der Waals surface area (Å²) in [6.45, 7) is 3.82. The molecular weight excluding hydrogens is 274 g/mol. The Morgan fingerprint density at radius 2 is 2.15 bits per heavy atom. The predicted molar refractivity (Wildman–Crippen MR) is 80.0 cm³/mol. The van der Waals surface area contributed by atoms with Gasteiger partial charge in [-0.15, -0.1) is 10.2 Å². The molecule has 6 heteroatoms.